The first-order chi connectivity index (χ1) is 7.15. The van der Waals surface area contributed by atoms with Gasteiger partial charge in [0.2, 0.25) is 0 Å². The molecular weight excluding hydrogens is 194 g/mol. The fraction of sp³-hybridized carbons (Fsp3) is 0.700. The minimum atomic E-state index is -0.289. The first-order valence-corrected chi connectivity index (χ1v) is 5.08. The third kappa shape index (κ3) is 1.73. The van der Waals surface area contributed by atoms with Crippen LogP contribution in [0.25, 0.3) is 0 Å². The lowest BCUT2D eigenvalue weighted by molar-refractivity contribution is -0.128. The van der Waals surface area contributed by atoms with Gasteiger partial charge in [0.1, 0.15) is 13.0 Å². The van der Waals surface area contributed by atoms with Crippen LogP contribution in [-0.2, 0) is 9.63 Å². The number of hydrazone groups is 1. The number of hydrogen-bond acceptors (Lipinski definition) is 4. The van der Waals surface area contributed by atoms with Crippen LogP contribution < -0.4 is 0 Å². The van der Waals surface area contributed by atoms with Crippen LogP contribution in [0.2, 0.25) is 0 Å². The molecule has 1 aliphatic carbocycles. The maximum absolute atomic E-state index is 11.8. The average molecular weight is 209 g/mol. The minimum Gasteiger partial charge on any atom is -0.399 e. The Labute approximate surface area is 88.8 Å². The van der Waals surface area contributed by atoms with Crippen LogP contribution in [0.1, 0.15) is 19.8 Å². The highest BCUT2D eigenvalue weighted by Crippen LogP contribution is 2.36. The summed E-state index contributed by atoms with van der Waals surface area (Å²) in [5.41, 5.74) is 1.65. The summed E-state index contributed by atoms with van der Waals surface area (Å²) in [4.78, 5) is 16.5. The fourth-order valence-electron chi connectivity index (χ4n) is 1.88. The number of nitrogens with zero attached hydrogens (tertiary/aromatic N) is 3. The topological polar surface area (TPSA) is 54.3 Å². The maximum atomic E-state index is 11.8. The van der Waals surface area contributed by atoms with Gasteiger partial charge in [-0.2, -0.15) is 5.10 Å². The van der Waals surface area contributed by atoms with Crippen LogP contribution in [0.3, 0.4) is 0 Å². The van der Waals surface area contributed by atoms with Gasteiger partial charge in [-0.25, -0.2) is 5.01 Å². The van der Waals surface area contributed by atoms with E-state index in [0.717, 1.165) is 18.6 Å². The number of hydrogen-bond donors (Lipinski definition) is 0. The molecule has 15 heavy (non-hydrogen) atoms. The van der Waals surface area contributed by atoms with E-state index >= 15 is 0 Å². The zero-order valence-electron chi connectivity index (χ0n) is 9.23. The van der Waals surface area contributed by atoms with Crippen molar-refractivity contribution < 1.29 is 9.63 Å². The summed E-state index contributed by atoms with van der Waals surface area (Å²) in [6.07, 6.45) is 2.27. The number of carbonyl (C=O) groups excluding carboxylic acids is 1. The maximum Gasteiger partial charge on any atom is 0.257 e. The molecule has 0 bridgehead atoms. The second kappa shape index (κ2) is 3.64. The highest BCUT2D eigenvalue weighted by Gasteiger charge is 2.43. The van der Waals surface area contributed by atoms with Crippen molar-refractivity contribution in [2.45, 2.75) is 19.8 Å². The van der Waals surface area contributed by atoms with E-state index in [0.29, 0.717) is 11.6 Å². The van der Waals surface area contributed by atoms with Crippen molar-refractivity contribution in [3.63, 3.8) is 0 Å². The standard InChI is InChI=1S/C10H15N3O2/c1-6(12-15-3)8-9(7-4-5-7)11-13(2)10(8)14/h7-8H,4-5H2,1-3H3. The van der Waals surface area contributed by atoms with Gasteiger partial charge in [-0.1, -0.05) is 5.16 Å². The van der Waals surface area contributed by atoms with Gasteiger partial charge in [0.25, 0.3) is 5.91 Å². The zero-order valence-corrected chi connectivity index (χ0v) is 9.23. The van der Waals surface area contributed by atoms with Crippen molar-refractivity contribution in [3.05, 3.63) is 0 Å². The Morgan fingerprint density at radius 3 is 2.80 bits per heavy atom. The van der Waals surface area contributed by atoms with E-state index in [9.17, 15) is 4.79 Å². The molecule has 1 atom stereocenters. The number of carbonyl (C=O) groups is 1. The van der Waals surface area contributed by atoms with Crippen molar-refractivity contribution in [1.82, 2.24) is 5.01 Å². The van der Waals surface area contributed by atoms with Gasteiger partial charge in [-0.05, 0) is 19.8 Å². The molecule has 2 aliphatic rings. The van der Waals surface area contributed by atoms with Gasteiger partial charge < -0.3 is 4.84 Å². The summed E-state index contributed by atoms with van der Waals surface area (Å²) in [6, 6.07) is 0. The molecule has 1 aliphatic heterocycles. The van der Waals surface area contributed by atoms with E-state index in [4.69, 9.17) is 4.84 Å². The van der Waals surface area contributed by atoms with Crippen LogP contribution in [0.4, 0.5) is 0 Å². The predicted octanol–water partition coefficient (Wildman–Crippen LogP) is 0.863. The molecular formula is C10H15N3O2. The first kappa shape index (κ1) is 10.1. The van der Waals surface area contributed by atoms with E-state index in [-0.39, 0.29) is 11.8 Å². The van der Waals surface area contributed by atoms with Gasteiger partial charge in [0.05, 0.1) is 11.4 Å². The quantitative estimate of drug-likeness (QED) is 0.511. The van der Waals surface area contributed by atoms with Gasteiger partial charge in [-0.15, -0.1) is 0 Å². The lowest BCUT2D eigenvalue weighted by atomic mass is 9.95. The van der Waals surface area contributed by atoms with Crippen LogP contribution >= 0.6 is 0 Å². The zero-order chi connectivity index (χ0) is 11.0. The lowest BCUT2D eigenvalue weighted by Crippen LogP contribution is -2.31. The van der Waals surface area contributed by atoms with Crippen molar-refractivity contribution in [2.75, 3.05) is 14.2 Å². The Bertz CT molecular complexity index is 345. The van der Waals surface area contributed by atoms with Crippen LogP contribution in [0.15, 0.2) is 10.3 Å². The van der Waals surface area contributed by atoms with Gasteiger partial charge in [0, 0.05) is 13.0 Å². The summed E-state index contributed by atoms with van der Waals surface area (Å²) in [6.45, 7) is 1.81. The molecule has 82 valence electrons. The molecule has 0 aromatic carbocycles. The Morgan fingerprint density at radius 1 is 1.60 bits per heavy atom. The van der Waals surface area contributed by atoms with Crippen molar-refractivity contribution >= 4 is 17.3 Å². The normalized spacial score (nSPS) is 27.0. The van der Waals surface area contributed by atoms with E-state index in [1.165, 1.54) is 12.1 Å². The van der Waals surface area contributed by atoms with Crippen LogP contribution in [0, 0.1) is 11.8 Å². The van der Waals surface area contributed by atoms with E-state index in [1.54, 1.807) is 7.05 Å². The molecule has 0 radical (unpaired) electrons. The van der Waals surface area contributed by atoms with Crippen molar-refractivity contribution in [3.8, 4) is 0 Å². The summed E-state index contributed by atoms with van der Waals surface area (Å²) in [5.74, 6) is 0.184. The average Bonchev–Trinajstić information content (AvgIpc) is 2.96. The molecule has 0 saturated heterocycles. The fourth-order valence-corrected chi connectivity index (χ4v) is 1.88. The Hall–Kier alpha value is -1.39. The van der Waals surface area contributed by atoms with Gasteiger partial charge >= 0.3 is 0 Å². The third-order valence-corrected chi connectivity index (χ3v) is 2.78. The molecule has 0 spiro atoms. The molecule has 0 N–H and O–H groups in total. The van der Waals surface area contributed by atoms with Gasteiger partial charge in [0.15, 0.2) is 0 Å². The molecule has 1 heterocycles. The first-order valence-electron chi connectivity index (χ1n) is 5.08. The molecule has 5 nitrogen and oxygen atoms in total. The van der Waals surface area contributed by atoms with Crippen molar-refractivity contribution in [2.24, 2.45) is 22.1 Å². The summed E-state index contributed by atoms with van der Waals surface area (Å²) in [5, 5.41) is 9.53. The number of rotatable bonds is 3. The Morgan fingerprint density at radius 2 is 2.27 bits per heavy atom. The highest BCUT2D eigenvalue weighted by atomic mass is 16.6. The van der Waals surface area contributed by atoms with E-state index < -0.39 is 0 Å². The molecule has 1 unspecified atom stereocenters. The summed E-state index contributed by atoms with van der Waals surface area (Å²) >= 11 is 0. The van der Waals surface area contributed by atoms with E-state index in [1.807, 2.05) is 6.92 Å². The summed E-state index contributed by atoms with van der Waals surface area (Å²) < 4.78 is 0. The Kier molecular flexibility index (Phi) is 2.46. The number of oxime groups is 1. The minimum absolute atomic E-state index is 0.00444. The van der Waals surface area contributed by atoms with Crippen molar-refractivity contribution in [1.29, 1.82) is 0 Å². The molecule has 1 amide bonds. The largest absolute Gasteiger partial charge is 0.399 e. The van der Waals surface area contributed by atoms with E-state index in [2.05, 4.69) is 10.3 Å². The monoisotopic (exact) mass is 209 g/mol. The molecule has 1 saturated carbocycles. The molecule has 1 fully saturated rings. The highest BCUT2D eigenvalue weighted by molar-refractivity contribution is 6.24. The van der Waals surface area contributed by atoms with Crippen LogP contribution in [-0.4, -0.2) is 36.5 Å². The number of amides is 1. The third-order valence-electron chi connectivity index (χ3n) is 2.78. The SMILES string of the molecule is CON=C(C)C1C(=O)N(C)N=C1C1CC1. The summed E-state index contributed by atoms with van der Waals surface area (Å²) in [7, 11) is 3.17. The smallest absolute Gasteiger partial charge is 0.257 e. The second-order valence-corrected chi connectivity index (χ2v) is 4.01. The van der Waals surface area contributed by atoms with Crippen LogP contribution in [0.5, 0.6) is 0 Å². The molecule has 2 rings (SSSR count). The second-order valence-electron chi connectivity index (χ2n) is 4.01. The Balaban J connectivity index is 2.24. The molecule has 0 aromatic heterocycles. The van der Waals surface area contributed by atoms with Gasteiger partial charge in [-0.3, -0.25) is 4.79 Å². The molecule has 5 heteroatoms. The lowest BCUT2D eigenvalue weighted by Gasteiger charge is -2.09. The molecule has 0 aromatic rings. The predicted molar refractivity (Wildman–Crippen MR) is 56.5 cm³/mol.